The van der Waals surface area contributed by atoms with Crippen molar-refractivity contribution in [2.24, 2.45) is 0 Å². The molecule has 0 aromatic heterocycles. The molecule has 0 fully saturated rings. The van der Waals surface area contributed by atoms with Gasteiger partial charge in [0, 0.05) is 5.30 Å². The molecule has 90 valence electrons. The van der Waals surface area contributed by atoms with Crippen molar-refractivity contribution in [2.45, 2.75) is 12.3 Å². The Balaban J connectivity index is 3.14. The topological polar surface area (TPSA) is 37.3 Å². The number of benzene rings is 1. The zero-order valence-electron chi connectivity index (χ0n) is 8.82. The lowest BCUT2D eigenvalue weighted by Crippen LogP contribution is -2.21. The Bertz CT molecular complexity index is 422. The molecule has 0 amide bonds. The van der Waals surface area contributed by atoms with Crippen molar-refractivity contribution in [1.29, 1.82) is 0 Å². The fraction of sp³-hybridized carbons (Fsp3) is 0.400. The predicted molar refractivity (Wildman–Crippen MR) is 56.5 cm³/mol. The van der Waals surface area contributed by atoms with Crippen molar-refractivity contribution >= 4 is 12.4 Å². The van der Waals surface area contributed by atoms with Crippen molar-refractivity contribution in [2.75, 3.05) is 13.3 Å². The quantitative estimate of drug-likeness (QED) is 0.821. The number of alkyl halides is 3. The van der Waals surface area contributed by atoms with Crippen LogP contribution in [0.15, 0.2) is 24.3 Å². The van der Waals surface area contributed by atoms with Crippen molar-refractivity contribution < 1.29 is 22.8 Å². The smallest absolute Gasteiger partial charge is 0.379 e. The molecule has 0 aliphatic heterocycles. The Kier molecular flexibility index (Phi) is 3.50. The molecule has 0 saturated heterocycles. The number of aliphatic hydroxyl groups is 1. The predicted octanol–water partition coefficient (Wildman–Crippen LogP) is 2.53. The molecular weight excluding hydrogens is 240 g/mol. The average Bonchev–Trinajstić information content (AvgIpc) is 2.14. The SMILES string of the molecule is CP(C)(=O)c1cccc(C(O)C(F)(F)F)c1. The molecule has 6 heteroatoms. The monoisotopic (exact) mass is 252 g/mol. The number of rotatable bonds is 2. The molecule has 0 aliphatic carbocycles. The van der Waals surface area contributed by atoms with Crippen LogP contribution in [-0.2, 0) is 4.57 Å². The second kappa shape index (κ2) is 4.22. The van der Waals surface area contributed by atoms with Crippen LogP contribution in [0.25, 0.3) is 0 Å². The van der Waals surface area contributed by atoms with Gasteiger partial charge in [-0.2, -0.15) is 13.2 Å². The standard InChI is InChI=1S/C10H12F3O2P/c1-16(2,15)8-5-3-4-7(6-8)9(14)10(11,12)13/h3-6,9,14H,1-2H3. The first-order valence-corrected chi connectivity index (χ1v) is 7.13. The average molecular weight is 252 g/mol. The van der Waals surface area contributed by atoms with E-state index in [1.807, 2.05) is 0 Å². The Morgan fingerprint density at radius 3 is 2.31 bits per heavy atom. The minimum absolute atomic E-state index is 0.283. The maximum absolute atomic E-state index is 12.2. The summed E-state index contributed by atoms with van der Waals surface area (Å²) in [5, 5.41) is 9.36. The molecule has 0 spiro atoms. The maximum Gasteiger partial charge on any atom is 0.418 e. The third-order valence-corrected chi connectivity index (χ3v) is 3.64. The molecule has 0 saturated carbocycles. The third-order valence-electron chi connectivity index (χ3n) is 2.12. The second-order valence-electron chi connectivity index (χ2n) is 3.89. The first-order valence-electron chi connectivity index (χ1n) is 4.52. The van der Waals surface area contributed by atoms with E-state index in [4.69, 9.17) is 5.11 Å². The summed E-state index contributed by atoms with van der Waals surface area (Å²) in [5.41, 5.74) is -0.283. The summed E-state index contributed by atoms with van der Waals surface area (Å²) in [4.78, 5) is 0. The Hall–Kier alpha value is -0.800. The highest BCUT2D eigenvalue weighted by atomic mass is 31.2. The summed E-state index contributed by atoms with van der Waals surface area (Å²) in [6, 6.07) is 5.16. The van der Waals surface area contributed by atoms with Crippen LogP contribution < -0.4 is 5.30 Å². The molecule has 2 nitrogen and oxygen atoms in total. The molecule has 1 N–H and O–H groups in total. The summed E-state index contributed by atoms with van der Waals surface area (Å²) in [6.45, 7) is 2.93. The van der Waals surface area contributed by atoms with Crippen LogP contribution in [0.5, 0.6) is 0 Å². The number of hydrogen-bond donors (Lipinski definition) is 1. The highest BCUT2D eigenvalue weighted by molar-refractivity contribution is 7.70. The first kappa shape index (κ1) is 13.3. The van der Waals surface area contributed by atoms with E-state index in [0.717, 1.165) is 12.1 Å². The number of hydrogen-bond acceptors (Lipinski definition) is 2. The summed E-state index contributed by atoms with van der Waals surface area (Å²) >= 11 is 0. The molecule has 0 radical (unpaired) electrons. The van der Waals surface area contributed by atoms with Gasteiger partial charge in [-0.1, -0.05) is 18.2 Å². The van der Waals surface area contributed by atoms with Gasteiger partial charge in [0.15, 0.2) is 6.10 Å². The Labute approximate surface area is 91.5 Å². The largest absolute Gasteiger partial charge is 0.418 e. The van der Waals surface area contributed by atoms with Gasteiger partial charge in [0.25, 0.3) is 0 Å². The van der Waals surface area contributed by atoms with Crippen LogP contribution in [0.4, 0.5) is 13.2 Å². The van der Waals surface area contributed by atoms with Crippen molar-refractivity contribution in [3.05, 3.63) is 29.8 Å². The van der Waals surface area contributed by atoms with Gasteiger partial charge < -0.3 is 9.67 Å². The van der Waals surface area contributed by atoms with Crippen LogP contribution in [0.1, 0.15) is 11.7 Å². The van der Waals surface area contributed by atoms with E-state index < -0.39 is 19.4 Å². The normalized spacial score (nSPS) is 14.9. The van der Waals surface area contributed by atoms with E-state index >= 15 is 0 Å². The lowest BCUT2D eigenvalue weighted by atomic mass is 10.1. The Morgan fingerprint density at radius 1 is 1.31 bits per heavy atom. The summed E-state index contributed by atoms with van der Waals surface area (Å²) in [7, 11) is -2.62. The lowest BCUT2D eigenvalue weighted by molar-refractivity contribution is -0.206. The molecule has 1 rings (SSSR count). The summed E-state index contributed by atoms with van der Waals surface area (Å²) in [6.07, 6.45) is -7.23. The second-order valence-corrected chi connectivity index (χ2v) is 7.11. The lowest BCUT2D eigenvalue weighted by Gasteiger charge is -2.16. The van der Waals surface area contributed by atoms with Gasteiger partial charge in [0.05, 0.1) is 0 Å². The molecule has 1 aromatic carbocycles. The molecule has 1 atom stereocenters. The molecule has 16 heavy (non-hydrogen) atoms. The fourth-order valence-electron chi connectivity index (χ4n) is 1.22. The molecule has 0 bridgehead atoms. The zero-order chi connectivity index (χ0) is 12.6. The highest BCUT2D eigenvalue weighted by Gasteiger charge is 2.39. The van der Waals surface area contributed by atoms with Crippen LogP contribution in [0, 0.1) is 0 Å². The molecule has 0 heterocycles. The van der Waals surface area contributed by atoms with E-state index in [0.29, 0.717) is 5.30 Å². The van der Waals surface area contributed by atoms with Gasteiger partial charge in [-0.05, 0) is 25.0 Å². The number of aliphatic hydroxyl groups excluding tert-OH is 1. The first-order chi connectivity index (χ1) is 7.12. The third kappa shape index (κ3) is 3.09. The minimum Gasteiger partial charge on any atom is -0.379 e. The summed E-state index contributed by atoms with van der Waals surface area (Å²) < 4.78 is 48.4. The van der Waals surface area contributed by atoms with Gasteiger partial charge in [-0.3, -0.25) is 0 Å². The Morgan fingerprint density at radius 2 is 1.88 bits per heavy atom. The molecular formula is C10H12F3O2P. The van der Waals surface area contributed by atoms with E-state index in [2.05, 4.69) is 0 Å². The van der Waals surface area contributed by atoms with Crippen molar-refractivity contribution in [3.63, 3.8) is 0 Å². The molecule has 1 aromatic rings. The summed E-state index contributed by atoms with van der Waals surface area (Å²) in [5.74, 6) is 0. The highest BCUT2D eigenvalue weighted by Crippen LogP contribution is 2.37. The van der Waals surface area contributed by atoms with Gasteiger partial charge in [-0.15, -0.1) is 0 Å². The number of halogens is 3. The van der Waals surface area contributed by atoms with Gasteiger partial charge in [-0.25, -0.2) is 0 Å². The van der Waals surface area contributed by atoms with Crippen molar-refractivity contribution in [3.8, 4) is 0 Å². The van der Waals surface area contributed by atoms with Gasteiger partial charge in [0.1, 0.15) is 7.14 Å². The van der Waals surface area contributed by atoms with Gasteiger partial charge >= 0.3 is 6.18 Å². The van der Waals surface area contributed by atoms with Crippen LogP contribution >= 0.6 is 7.14 Å². The van der Waals surface area contributed by atoms with E-state index in [9.17, 15) is 17.7 Å². The molecule has 0 aliphatic rings. The van der Waals surface area contributed by atoms with Gasteiger partial charge in [0.2, 0.25) is 0 Å². The van der Waals surface area contributed by atoms with Crippen LogP contribution in [0.3, 0.4) is 0 Å². The minimum atomic E-state index is -4.70. The van der Waals surface area contributed by atoms with E-state index in [-0.39, 0.29) is 5.56 Å². The van der Waals surface area contributed by atoms with E-state index in [1.165, 1.54) is 25.5 Å². The van der Waals surface area contributed by atoms with Crippen LogP contribution in [-0.4, -0.2) is 24.6 Å². The van der Waals surface area contributed by atoms with Crippen LogP contribution in [0.2, 0.25) is 0 Å². The fourth-order valence-corrected chi connectivity index (χ4v) is 2.12. The molecule has 1 unspecified atom stereocenters. The van der Waals surface area contributed by atoms with Crippen molar-refractivity contribution in [1.82, 2.24) is 0 Å². The zero-order valence-corrected chi connectivity index (χ0v) is 9.72. The maximum atomic E-state index is 12.2. The van der Waals surface area contributed by atoms with E-state index in [1.54, 1.807) is 0 Å².